The van der Waals surface area contributed by atoms with Gasteiger partial charge in [0.25, 0.3) is 5.91 Å². The number of hydrogen-bond acceptors (Lipinski definition) is 3. The first-order valence-corrected chi connectivity index (χ1v) is 10.0. The molecule has 5 heteroatoms. The Bertz CT molecular complexity index is 658. The molecule has 0 saturated carbocycles. The van der Waals surface area contributed by atoms with Gasteiger partial charge in [0.15, 0.2) is 0 Å². The van der Waals surface area contributed by atoms with Crippen molar-refractivity contribution in [1.29, 1.82) is 0 Å². The SMILES string of the molecule is CCCc1cc(C(=O)N2CC[C@@H]3[C@@H](CCC(=O)N3CC(C)C)C2)ccn1. The first kappa shape index (κ1) is 18.9. The van der Waals surface area contributed by atoms with Crippen LogP contribution in [0.2, 0.25) is 0 Å². The molecule has 2 atom stereocenters. The molecule has 0 N–H and O–H groups in total. The summed E-state index contributed by atoms with van der Waals surface area (Å²) in [6, 6.07) is 4.06. The topological polar surface area (TPSA) is 53.5 Å². The summed E-state index contributed by atoms with van der Waals surface area (Å²) in [5.41, 5.74) is 1.73. The van der Waals surface area contributed by atoms with Gasteiger partial charge in [-0.1, -0.05) is 27.2 Å². The lowest BCUT2D eigenvalue weighted by Gasteiger charge is -2.47. The molecule has 0 radical (unpaired) electrons. The largest absolute Gasteiger partial charge is 0.339 e. The first-order valence-electron chi connectivity index (χ1n) is 10.0. The molecule has 1 aromatic rings. The third-order valence-corrected chi connectivity index (χ3v) is 5.56. The third kappa shape index (κ3) is 4.08. The standard InChI is InChI=1S/C21H31N3O2/c1-4-5-18-12-16(8-10-22-18)21(26)23-11-9-19-17(14-23)6-7-20(25)24(19)13-15(2)3/h8,10,12,15,17,19H,4-7,9,11,13-14H2,1-3H3/t17-,19+/m0/s1. The number of nitrogens with zero attached hydrogens (tertiary/aromatic N) is 3. The highest BCUT2D eigenvalue weighted by molar-refractivity contribution is 5.94. The smallest absolute Gasteiger partial charge is 0.253 e. The summed E-state index contributed by atoms with van der Waals surface area (Å²) >= 11 is 0. The Kier molecular flexibility index (Phi) is 5.94. The van der Waals surface area contributed by atoms with Gasteiger partial charge < -0.3 is 9.80 Å². The van der Waals surface area contributed by atoms with Crippen LogP contribution in [0.1, 0.15) is 62.5 Å². The molecule has 2 saturated heterocycles. The fourth-order valence-electron chi connectivity index (χ4n) is 4.35. The van der Waals surface area contributed by atoms with Crippen molar-refractivity contribution in [3.8, 4) is 0 Å². The second-order valence-electron chi connectivity index (χ2n) is 8.13. The van der Waals surface area contributed by atoms with E-state index in [1.54, 1.807) is 6.20 Å². The molecular formula is C21H31N3O2. The zero-order valence-corrected chi connectivity index (χ0v) is 16.3. The molecule has 0 bridgehead atoms. The number of aromatic nitrogens is 1. The normalized spacial score (nSPS) is 23.3. The van der Waals surface area contributed by atoms with Crippen molar-refractivity contribution in [2.75, 3.05) is 19.6 Å². The van der Waals surface area contributed by atoms with E-state index >= 15 is 0 Å². The average molecular weight is 357 g/mol. The fourth-order valence-corrected chi connectivity index (χ4v) is 4.35. The van der Waals surface area contributed by atoms with Crippen LogP contribution in [0, 0.1) is 11.8 Å². The number of carbonyl (C=O) groups is 2. The minimum atomic E-state index is 0.107. The van der Waals surface area contributed by atoms with Crippen molar-refractivity contribution in [2.24, 2.45) is 11.8 Å². The number of amides is 2. The zero-order chi connectivity index (χ0) is 18.7. The second kappa shape index (κ2) is 8.19. The maximum atomic E-state index is 13.0. The number of piperidine rings is 2. The average Bonchev–Trinajstić information content (AvgIpc) is 2.63. The summed E-state index contributed by atoms with van der Waals surface area (Å²) in [5, 5.41) is 0. The second-order valence-corrected chi connectivity index (χ2v) is 8.13. The number of carbonyl (C=O) groups excluding carboxylic acids is 2. The van der Waals surface area contributed by atoms with E-state index in [0.717, 1.165) is 56.6 Å². The molecule has 142 valence electrons. The van der Waals surface area contributed by atoms with Crippen LogP contribution in [0.25, 0.3) is 0 Å². The highest BCUT2D eigenvalue weighted by atomic mass is 16.2. The molecule has 0 spiro atoms. The molecule has 0 aromatic carbocycles. The molecule has 1 aromatic heterocycles. The van der Waals surface area contributed by atoms with Gasteiger partial charge in [0.05, 0.1) is 0 Å². The molecule has 2 fully saturated rings. The van der Waals surface area contributed by atoms with E-state index in [0.29, 0.717) is 24.3 Å². The maximum Gasteiger partial charge on any atom is 0.253 e. The lowest BCUT2D eigenvalue weighted by atomic mass is 9.83. The molecule has 5 nitrogen and oxygen atoms in total. The number of fused-ring (bicyclic) bond motifs is 1. The number of aryl methyl sites for hydroxylation is 1. The van der Waals surface area contributed by atoms with Gasteiger partial charge in [-0.2, -0.15) is 0 Å². The van der Waals surface area contributed by atoms with Crippen LogP contribution in [-0.2, 0) is 11.2 Å². The summed E-state index contributed by atoms with van der Waals surface area (Å²) in [6.07, 6.45) is 6.08. The fraction of sp³-hybridized carbons (Fsp3) is 0.667. The van der Waals surface area contributed by atoms with Crippen molar-refractivity contribution >= 4 is 11.8 Å². The van der Waals surface area contributed by atoms with Gasteiger partial charge >= 0.3 is 0 Å². The number of pyridine rings is 1. The summed E-state index contributed by atoms with van der Waals surface area (Å²) < 4.78 is 0. The van der Waals surface area contributed by atoms with Crippen LogP contribution in [0.3, 0.4) is 0 Å². The van der Waals surface area contributed by atoms with Crippen molar-refractivity contribution in [2.45, 2.75) is 58.9 Å². The van der Waals surface area contributed by atoms with E-state index in [1.807, 2.05) is 17.0 Å². The van der Waals surface area contributed by atoms with Crippen LogP contribution < -0.4 is 0 Å². The number of rotatable bonds is 5. The van der Waals surface area contributed by atoms with Crippen LogP contribution in [0.15, 0.2) is 18.3 Å². The molecule has 0 unspecified atom stereocenters. The monoisotopic (exact) mass is 357 g/mol. The maximum absolute atomic E-state index is 13.0. The van der Waals surface area contributed by atoms with Gasteiger partial charge in [0, 0.05) is 49.6 Å². The Morgan fingerprint density at radius 2 is 2.15 bits per heavy atom. The zero-order valence-electron chi connectivity index (χ0n) is 16.3. The van der Waals surface area contributed by atoms with E-state index in [4.69, 9.17) is 0 Å². The van der Waals surface area contributed by atoms with Gasteiger partial charge in [-0.3, -0.25) is 14.6 Å². The minimum Gasteiger partial charge on any atom is -0.339 e. The van der Waals surface area contributed by atoms with Crippen molar-refractivity contribution in [1.82, 2.24) is 14.8 Å². The highest BCUT2D eigenvalue weighted by Crippen LogP contribution is 2.32. The Morgan fingerprint density at radius 1 is 1.35 bits per heavy atom. The third-order valence-electron chi connectivity index (χ3n) is 5.56. The summed E-state index contributed by atoms with van der Waals surface area (Å²) in [6.45, 7) is 8.76. The Balaban J connectivity index is 1.69. The Hall–Kier alpha value is -1.91. The number of hydrogen-bond donors (Lipinski definition) is 0. The summed E-state index contributed by atoms with van der Waals surface area (Å²) in [4.78, 5) is 33.8. The molecule has 2 amide bonds. The van der Waals surface area contributed by atoms with Gasteiger partial charge in [0.1, 0.15) is 0 Å². The summed E-state index contributed by atoms with van der Waals surface area (Å²) in [5.74, 6) is 1.28. The van der Waals surface area contributed by atoms with Crippen molar-refractivity contribution < 1.29 is 9.59 Å². The molecular weight excluding hydrogens is 326 g/mol. The molecule has 3 heterocycles. The lowest BCUT2D eigenvalue weighted by Crippen LogP contribution is -2.57. The predicted octanol–water partition coefficient (Wildman–Crippen LogP) is 3.14. The van der Waals surface area contributed by atoms with Gasteiger partial charge in [-0.05, 0) is 43.2 Å². The van der Waals surface area contributed by atoms with Crippen LogP contribution in [0.5, 0.6) is 0 Å². The first-order chi connectivity index (χ1) is 12.5. The molecule has 2 aliphatic heterocycles. The van der Waals surface area contributed by atoms with Gasteiger partial charge in [0.2, 0.25) is 5.91 Å². The Morgan fingerprint density at radius 3 is 2.88 bits per heavy atom. The number of likely N-dealkylation sites (tertiary alicyclic amines) is 2. The van der Waals surface area contributed by atoms with Crippen molar-refractivity contribution in [3.63, 3.8) is 0 Å². The quantitative estimate of drug-likeness (QED) is 0.813. The lowest BCUT2D eigenvalue weighted by molar-refractivity contribution is -0.141. The van der Waals surface area contributed by atoms with Crippen LogP contribution in [0.4, 0.5) is 0 Å². The van der Waals surface area contributed by atoms with E-state index in [9.17, 15) is 9.59 Å². The van der Waals surface area contributed by atoms with E-state index in [1.165, 1.54) is 0 Å². The van der Waals surface area contributed by atoms with Gasteiger partial charge in [-0.15, -0.1) is 0 Å². The highest BCUT2D eigenvalue weighted by Gasteiger charge is 2.40. The van der Waals surface area contributed by atoms with E-state index < -0.39 is 0 Å². The van der Waals surface area contributed by atoms with Crippen molar-refractivity contribution in [3.05, 3.63) is 29.6 Å². The molecule has 0 aliphatic carbocycles. The molecule has 3 rings (SSSR count). The molecule has 26 heavy (non-hydrogen) atoms. The predicted molar refractivity (Wildman–Crippen MR) is 102 cm³/mol. The summed E-state index contributed by atoms with van der Waals surface area (Å²) in [7, 11) is 0. The Labute approximate surface area is 156 Å². The van der Waals surface area contributed by atoms with E-state index in [2.05, 4.69) is 30.7 Å². The van der Waals surface area contributed by atoms with Gasteiger partial charge in [-0.25, -0.2) is 0 Å². The molecule has 2 aliphatic rings. The van der Waals surface area contributed by atoms with E-state index in [-0.39, 0.29) is 11.8 Å². The van der Waals surface area contributed by atoms with Crippen LogP contribution >= 0.6 is 0 Å². The van der Waals surface area contributed by atoms with Crippen LogP contribution in [-0.4, -0.2) is 52.3 Å². The minimum absolute atomic E-state index is 0.107.